The average Bonchev–Trinajstić information content (AvgIpc) is 2.94. The quantitative estimate of drug-likeness (QED) is 0.652. The Bertz CT molecular complexity index is 728. The molecule has 0 radical (unpaired) electrons. The van der Waals surface area contributed by atoms with Gasteiger partial charge in [0.2, 0.25) is 0 Å². The van der Waals surface area contributed by atoms with E-state index in [9.17, 15) is 13.2 Å². The summed E-state index contributed by atoms with van der Waals surface area (Å²) in [6, 6.07) is 18.7. The average molecular weight is 287 g/mol. The molecule has 0 amide bonds. The minimum absolute atomic E-state index is 0.0990. The minimum atomic E-state index is -4.39. The standard InChI is InChI=1S/C17H12F3N/c18-17(19,20)14-11-15(12-7-3-1-4-8-12)21-16(14)13-9-5-2-6-10-13/h1-11,21H. The third-order valence-corrected chi connectivity index (χ3v) is 3.27. The third kappa shape index (κ3) is 2.70. The summed E-state index contributed by atoms with van der Waals surface area (Å²) in [6.45, 7) is 0. The van der Waals surface area contributed by atoms with Gasteiger partial charge in [0.25, 0.3) is 0 Å². The second kappa shape index (κ2) is 5.13. The molecular weight excluding hydrogens is 275 g/mol. The van der Waals surface area contributed by atoms with E-state index in [1.165, 1.54) is 0 Å². The van der Waals surface area contributed by atoms with E-state index < -0.39 is 11.7 Å². The first-order valence-electron chi connectivity index (χ1n) is 6.47. The number of aromatic nitrogens is 1. The molecule has 0 saturated carbocycles. The monoisotopic (exact) mass is 287 g/mol. The normalized spacial score (nSPS) is 11.6. The van der Waals surface area contributed by atoms with Crippen LogP contribution < -0.4 is 0 Å². The van der Waals surface area contributed by atoms with Crippen molar-refractivity contribution in [2.24, 2.45) is 0 Å². The van der Waals surface area contributed by atoms with Crippen molar-refractivity contribution in [1.29, 1.82) is 0 Å². The smallest absolute Gasteiger partial charge is 0.354 e. The summed E-state index contributed by atoms with van der Waals surface area (Å²) in [5.41, 5.74) is 1.16. The fourth-order valence-electron chi connectivity index (χ4n) is 2.28. The number of hydrogen-bond donors (Lipinski definition) is 1. The highest BCUT2D eigenvalue weighted by molar-refractivity contribution is 5.72. The van der Waals surface area contributed by atoms with E-state index in [4.69, 9.17) is 0 Å². The van der Waals surface area contributed by atoms with Crippen LogP contribution >= 0.6 is 0 Å². The molecule has 106 valence electrons. The molecule has 1 heterocycles. The van der Waals surface area contributed by atoms with Gasteiger partial charge in [-0.25, -0.2) is 0 Å². The van der Waals surface area contributed by atoms with Crippen molar-refractivity contribution in [3.8, 4) is 22.5 Å². The van der Waals surface area contributed by atoms with Crippen molar-refractivity contribution in [1.82, 2.24) is 4.98 Å². The lowest BCUT2D eigenvalue weighted by molar-refractivity contribution is -0.136. The summed E-state index contributed by atoms with van der Waals surface area (Å²) in [5, 5.41) is 0. The highest BCUT2D eigenvalue weighted by Gasteiger charge is 2.35. The van der Waals surface area contributed by atoms with E-state index in [2.05, 4.69) is 4.98 Å². The van der Waals surface area contributed by atoms with Crippen molar-refractivity contribution in [2.75, 3.05) is 0 Å². The number of benzene rings is 2. The molecule has 0 fully saturated rings. The van der Waals surface area contributed by atoms with Gasteiger partial charge in [-0.1, -0.05) is 60.7 Å². The molecule has 3 aromatic rings. The minimum Gasteiger partial charge on any atom is -0.354 e. The molecule has 0 aliphatic heterocycles. The highest BCUT2D eigenvalue weighted by Crippen LogP contribution is 2.39. The topological polar surface area (TPSA) is 15.8 Å². The fraction of sp³-hybridized carbons (Fsp3) is 0.0588. The highest BCUT2D eigenvalue weighted by atomic mass is 19.4. The van der Waals surface area contributed by atoms with E-state index in [1.807, 2.05) is 6.07 Å². The SMILES string of the molecule is FC(F)(F)c1cc(-c2ccccc2)[nH]c1-c1ccccc1. The summed E-state index contributed by atoms with van der Waals surface area (Å²) in [4.78, 5) is 2.90. The maximum atomic E-state index is 13.2. The van der Waals surface area contributed by atoms with Gasteiger partial charge in [0.1, 0.15) is 0 Å². The Hall–Kier alpha value is -2.49. The van der Waals surface area contributed by atoms with E-state index in [-0.39, 0.29) is 5.69 Å². The second-order valence-electron chi connectivity index (χ2n) is 4.70. The van der Waals surface area contributed by atoms with Crippen LogP contribution in [0.15, 0.2) is 66.7 Å². The third-order valence-electron chi connectivity index (χ3n) is 3.27. The van der Waals surface area contributed by atoms with Crippen molar-refractivity contribution in [3.05, 3.63) is 72.3 Å². The fourth-order valence-corrected chi connectivity index (χ4v) is 2.28. The van der Waals surface area contributed by atoms with Gasteiger partial charge in [0, 0.05) is 5.69 Å². The molecule has 0 saturated heterocycles. The van der Waals surface area contributed by atoms with Gasteiger partial charge in [-0.15, -0.1) is 0 Å². The molecule has 1 aromatic heterocycles. The van der Waals surface area contributed by atoms with Gasteiger partial charge < -0.3 is 4.98 Å². The molecule has 4 heteroatoms. The zero-order chi connectivity index (χ0) is 14.9. The number of nitrogens with one attached hydrogen (secondary N) is 1. The summed E-state index contributed by atoms with van der Waals surface area (Å²) >= 11 is 0. The van der Waals surface area contributed by atoms with E-state index in [0.717, 1.165) is 11.6 Å². The molecule has 0 atom stereocenters. The van der Waals surface area contributed by atoms with Crippen LogP contribution in [0, 0.1) is 0 Å². The van der Waals surface area contributed by atoms with Gasteiger partial charge in [-0.3, -0.25) is 0 Å². The molecule has 2 aromatic carbocycles. The molecule has 0 bridgehead atoms. The summed E-state index contributed by atoms with van der Waals surface area (Å²) in [5.74, 6) is 0. The van der Waals surface area contributed by atoms with Crippen molar-refractivity contribution in [3.63, 3.8) is 0 Å². The van der Waals surface area contributed by atoms with Crippen molar-refractivity contribution < 1.29 is 13.2 Å². The van der Waals surface area contributed by atoms with E-state index in [1.54, 1.807) is 54.6 Å². The Morgan fingerprint density at radius 2 is 1.24 bits per heavy atom. The van der Waals surface area contributed by atoms with Gasteiger partial charge in [0.05, 0.1) is 11.3 Å². The van der Waals surface area contributed by atoms with Crippen LogP contribution in [0.5, 0.6) is 0 Å². The first-order valence-corrected chi connectivity index (χ1v) is 6.47. The molecular formula is C17H12F3N. The van der Waals surface area contributed by atoms with Gasteiger partial charge in [0.15, 0.2) is 0 Å². The molecule has 0 aliphatic rings. The Morgan fingerprint density at radius 1 is 0.714 bits per heavy atom. The van der Waals surface area contributed by atoms with Crippen molar-refractivity contribution >= 4 is 0 Å². The molecule has 1 nitrogen and oxygen atoms in total. The summed E-state index contributed by atoms with van der Waals surface area (Å²) < 4.78 is 39.7. The van der Waals surface area contributed by atoms with Crippen LogP contribution in [0.2, 0.25) is 0 Å². The first kappa shape index (κ1) is 13.5. The Kier molecular flexibility index (Phi) is 3.29. The van der Waals surface area contributed by atoms with Gasteiger partial charge in [-0.2, -0.15) is 13.2 Å². The van der Waals surface area contributed by atoms with Crippen LogP contribution in [0.1, 0.15) is 5.56 Å². The molecule has 0 unspecified atom stereocenters. The Labute approximate surface area is 120 Å². The summed E-state index contributed by atoms with van der Waals surface area (Å²) in [6.07, 6.45) is -4.39. The predicted octanol–water partition coefficient (Wildman–Crippen LogP) is 5.37. The predicted molar refractivity (Wildman–Crippen MR) is 76.7 cm³/mol. The Morgan fingerprint density at radius 3 is 1.76 bits per heavy atom. The van der Waals surface area contributed by atoms with E-state index >= 15 is 0 Å². The van der Waals surface area contributed by atoms with Crippen LogP contribution in [0.25, 0.3) is 22.5 Å². The molecule has 0 aliphatic carbocycles. The zero-order valence-corrected chi connectivity index (χ0v) is 11.0. The number of halogens is 3. The number of alkyl halides is 3. The first-order chi connectivity index (χ1) is 10.1. The lowest BCUT2D eigenvalue weighted by Gasteiger charge is -2.07. The van der Waals surface area contributed by atoms with Gasteiger partial charge in [-0.05, 0) is 17.2 Å². The molecule has 1 N–H and O–H groups in total. The lowest BCUT2D eigenvalue weighted by atomic mass is 10.1. The number of hydrogen-bond acceptors (Lipinski definition) is 0. The summed E-state index contributed by atoms with van der Waals surface area (Å²) in [7, 11) is 0. The Balaban J connectivity index is 2.17. The number of rotatable bonds is 2. The number of aromatic amines is 1. The molecule has 21 heavy (non-hydrogen) atoms. The number of H-pyrrole nitrogens is 1. The van der Waals surface area contributed by atoms with Crippen LogP contribution in [-0.2, 0) is 6.18 Å². The van der Waals surface area contributed by atoms with Crippen LogP contribution in [-0.4, -0.2) is 4.98 Å². The maximum Gasteiger partial charge on any atom is 0.418 e. The second-order valence-corrected chi connectivity index (χ2v) is 4.70. The van der Waals surface area contributed by atoms with Crippen LogP contribution in [0.4, 0.5) is 13.2 Å². The molecule has 0 spiro atoms. The van der Waals surface area contributed by atoms with E-state index in [0.29, 0.717) is 11.3 Å². The molecule has 3 rings (SSSR count). The largest absolute Gasteiger partial charge is 0.418 e. The van der Waals surface area contributed by atoms with Gasteiger partial charge >= 0.3 is 6.18 Å². The lowest BCUT2D eigenvalue weighted by Crippen LogP contribution is -2.05. The van der Waals surface area contributed by atoms with Crippen LogP contribution in [0.3, 0.4) is 0 Å². The zero-order valence-electron chi connectivity index (χ0n) is 11.0. The maximum absolute atomic E-state index is 13.2. The van der Waals surface area contributed by atoms with Crippen molar-refractivity contribution in [2.45, 2.75) is 6.18 Å².